The van der Waals surface area contributed by atoms with E-state index >= 15 is 4.39 Å². The van der Waals surface area contributed by atoms with Crippen LogP contribution >= 0.6 is 0 Å². The number of carbonyl (C=O) groups excluding carboxylic acids is 1. The molecule has 0 amide bonds. The molecule has 5 heteroatoms. The second kappa shape index (κ2) is 15.4. The van der Waals surface area contributed by atoms with Crippen LogP contribution in [-0.2, 0) is 30.3 Å². The van der Waals surface area contributed by atoms with Gasteiger partial charge in [0.1, 0.15) is 11.6 Å². The molecule has 0 saturated carbocycles. The van der Waals surface area contributed by atoms with Crippen LogP contribution in [0.1, 0.15) is 103 Å². The molecule has 1 aromatic heterocycles. The second-order valence-electron chi connectivity index (χ2n) is 14.1. The van der Waals surface area contributed by atoms with Gasteiger partial charge in [-0.25, -0.2) is 4.39 Å². The summed E-state index contributed by atoms with van der Waals surface area (Å²) in [4.78, 5) is 16.9. The molecule has 1 N–H and O–H groups in total. The zero-order chi connectivity index (χ0) is 34.7. The Morgan fingerprint density at radius 1 is 0.854 bits per heavy atom. The number of carbonyl (C=O) groups is 1. The number of halogens is 1. The Kier molecular flexibility index (Phi) is 12.6. The maximum absolute atomic E-state index is 16.0. The van der Waals surface area contributed by atoms with E-state index in [2.05, 4.69) is 45.0 Å². The quantitative estimate of drug-likeness (QED) is 0.104. The van der Waals surface area contributed by atoms with Gasteiger partial charge in [-0.1, -0.05) is 112 Å². The van der Waals surface area contributed by atoms with Crippen molar-refractivity contribution in [2.75, 3.05) is 0 Å². The molecular formula is C43H51FIrNO2-. The molecule has 48 heavy (non-hydrogen) atoms. The van der Waals surface area contributed by atoms with E-state index in [1.54, 1.807) is 0 Å². The van der Waals surface area contributed by atoms with Crippen molar-refractivity contribution in [3.8, 4) is 33.5 Å². The smallest absolute Gasteiger partial charge is 0.164 e. The molecule has 0 unspecified atom stereocenters. The number of ketones is 1. The van der Waals surface area contributed by atoms with Crippen LogP contribution in [0, 0.1) is 36.6 Å². The summed E-state index contributed by atoms with van der Waals surface area (Å²) < 4.78 is 16.0. The van der Waals surface area contributed by atoms with Gasteiger partial charge in [-0.2, -0.15) is 0 Å². The van der Waals surface area contributed by atoms with E-state index in [9.17, 15) is 9.90 Å². The van der Waals surface area contributed by atoms with Crippen molar-refractivity contribution in [2.45, 2.75) is 100 Å². The van der Waals surface area contributed by atoms with Crippen LogP contribution in [0.2, 0.25) is 0 Å². The minimum absolute atomic E-state index is 0. The number of hydrogen-bond donors (Lipinski definition) is 1. The molecule has 3 aromatic carbocycles. The summed E-state index contributed by atoms with van der Waals surface area (Å²) in [6.07, 6.45) is 6.58. The Labute approximate surface area is 301 Å². The van der Waals surface area contributed by atoms with E-state index in [-0.39, 0.29) is 48.3 Å². The average molecular weight is 825 g/mol. The second-order valence-corrected chi connectivity index (χ2v) is 14.1. The number of allylic oxidation sites excluding steroid dienone is 2. The first kappa shape index (κ1) is 39.0. The predicted octanol–water partition coefficient (Wildman–Crippen LogP) is 11.9. The van der Waals surface area contributed by atoms with Crippen molar-refractivity contribution >= 4 is 5.78 Å². The van der Waals surface area contributed by atoms with Gasteiger partial charge in [-0.15, -0.1) is 34.9 Å². The van der Waals surface area contributed by atoms with Gasteiger partial charge in [-0.05, 0) is 59.7 Å². The van der Waals surface area contributed by atoms with E-state index in [0.717, 1.165) is 70.3 Å². The van der Waals surface area contributed by atoms with Crippen LogP contribution in [0.4, 0.5) is 4.39 Å². The van der Waals surface area contributed by atoms with Gasteiger partial charge in [0.25, 0.3) is 0 Å². The number of benzene rings is 3. The van der Waals surface area contributed by atoms with E-state index in [4.69, 9.17) is 4.98 Å². The molecule has 0 aliphatic heterocycles. The fraction of sp³-hybridized carbons (Fsp3) is 0.395. The first-order chi connectivity index (χ1) is 22.2. The fourth-order valence-corrected chi connectivity index (χ4v) is 6.61. The molecule has 257 valence electrons. The number of aliphatic hydroxyl groups is 1. The van der Waals surface area contributed by atoms with Gasteiger partial charge in [-0.3, -0.25) is 4.79 Å². The standard InChI is InChI=1S/C28H23FN.C15H28O2.Ir/c1-17-14-18(2)16-20(15-17)27-25-23(12-13-30-27)22-11-10-21(19-8-6-5-7-9-19)26(29)24(22)28(25,3)4;1-7-14(5,8-2)12(16)11-13(17)15(6,9-3)10-4;/h5-15H,1-4H3;11,16H,7-10H2,1-6H3;/q-1;;/b;12-11-;. The summed E-state index contributed by atoms with van der Waals surface area (Å²) in [6, 6.07) is 23.4. The molecule has 0 spiro atoms. The molecule has 0 atom stereocenters. The molecule has 1 radical (unpaired) electrons. The Hall–Kier alpha value is -3.40. The molecule has 1 heterocycles. The van der Waals surface area contributed by atoms with E-state index in [1.165, 1.54) is 11.6 Å². The summed E-state index contributed by atoms with van der Waals surface area (Å²) in [5.41, 5.74) is 8.38. The average Bonchev–Trinajstić information content (AvgIpc) is 3.31. The Balaban J connectivity index is 0.000000301. The maximum Gasteiger partial charge on any atom is 0.164 e. The van der Waals surface area contributed by atoms with Gasteiger partial charge < -0.3 is 10.1 Å². The number of rotatable bonds is 9. The van der Waals surface area contributed by atoms with E-state index in [1.807, 2.05) is 97.1 Å². The predicted molar refractivity (Wildman–Crippen MR) is 194 cm³/mol. The minimum Gasteiger partial charge on any atom is -0.512 e. The molecular weight excluding hydrogens is 774 g/mol. The Bertz CT molecular complexity index is 1760. The van der Waals surface area contributed by atoms with Crippen LogP contribution in [0.3, 0.4) is 0 Å². The fourth-order valence-electron chi connectivity index (χ4n) is 6.61. The number of nitrogens with zero attached hydrogens (tertiary/aromatic N) is 1. The summed E-state index contributed by atoms with van der Waals surface area (Å²) in [5, 5.41) is 10.1. The number of hydrogen-bond acceptors (Lipinski definition) is 3. The number of aromatic nitrogens is 1. The van der Waals surface area contributed by atoms with E-state index < -0.39 is 5.41 Å². The zero-order valence-corrected chi connectivity index (χ0v) is 32.7. The summed E-state index contributed by atoms with van der Waals surface area (Å²) in [5.74, 6) is 0.143. The minimum atomic E-state index is -0.505. The monoisotopic (exact) mass is 825 g/mol. The largest absolute Gasteiger partial charge is 0.512 e. The maximum atomic E-state index is 16.0. The van der Waals surface area contributed by atoms with Crippen molar-refractivity contribution < 1.29 is 34.4 Å². The molecule has 3 nitrogen and oxygen atoms in total. The van der Waals surface area contributed by atoms with Gasteiger partial charge in [0, 0.05) is 59.8 Å². The number of pyridine rings is 1. The van der Waals surface area contributed by atoms with Crippen LogP contribution in [0.15, 0.2) is 78.7 Å². The molecule has 5 rings (SSSR count). The van der Waals surface area contributed by atoms with Crippen LogP contribution < -0.4 is 0 Å². The number of fused-ring (bicyclic) bond motifs is 3. The third-order valence-electron chi connectivity index (χ3n) is 10.7. The van der Waals surface area contributed by atoms with Gasteiger partial charge in [0.05, 0.1) is 0 Å². The third kappa shape index (κ3) is 7.43. The number of aliphatic hydroxyl groups excluding tert-OH is 1. The number of aryl methyl sites for hydroxylation is 2. The van der Waals surface area contributed by atoms with Crippen LogP contribution in [0.5, 0.6) is 0 Å². The summed E-state index contributed by atoms with van der Waals surface area (Å²) >= 11 is 0. The molecule has 0 fully saturated rings. The Morgan fingerprint density at radius 3 is 1.98 bits per heavy atom. The van der Waals surface area contributed by atoms with Crippen molar-refractivity contribution in [1.29, 1.82) is 0 Å². The van der Waals surface area contributed by atoms with Crippen molar-refractivity contribution in [1.82, 2.24) is 4.98 Å². The molecule has 4 aromatic rings. The van der Waals surface area contributed by atoms with E-state index in [0.29, 0.717) is 5.56 Å². The summed E-state index contributed by atoms with van der Waals surface area (Å²) in [7, 11) is 0. The normalized spacial score (nSPS) is 13.5. The molecule has 1 aliphatic carbocycles. The van der Waals surface area contributed by atoms with Gasteiger partial charge >= 0.3 is 0 Å². The Morgan fingerprint density at radius 2 is 1.42 bits per heavy atom. The topological polar surface area (TPSA) is 50.2 Å². The van der Waals surface area contributed by atoms with Gasteiger partial charge in [0.2, 0.25) is 0 Å². The van der Waals surface area contributed by atoms with Crippen LogP contribution in [0.25, 0.3) is 33.5 Å². The first-order valence-corrected chi connectivity index (χ1v) is 17.0. The zero-order valence-electron chi connectivity index (χ0n) is 30.3. The van der Waals surface area contributed by atoms with Crippen molar-refractivity contribution in [3.63, 3.8) is 0 Å². The molecule has 0 bridgehead atoms. The van der Waals surface area contributed by atoms with Gasteiger partial charge in [0.15, 0.2) is 5.78 Å². The SMILES string of the molecule is CCC(C)(CC)C(=O)/C=C(\O)C(C)(CC)CC.Cc1[c-]c(-c2nccc3c2C(C)(C)c2c-3ccc(-c3ccccc3)c2F)cc(C)c1.[Ir]. The summed E-state index contributed by atoms with van der Waals surface area (Å²) in [6.45, 7) is 20.4. The van der Waals surface area contributed by atoms with Crippen LogP contribution in [-0.4, -0.2) is 15.9 Å². The molecule has 1 aliphatic rings. The first-order valence-electron chi connectivity index (χ1n) is 17.0. The van der Waals surface area contributed by atoms with Crippen molar-refractivity contribution in [3.05, 3.63) is 113 Å². The third-order valence-corrected chi connectivity index (χ3v) is 10.7. The van der Waals surface area contributed by atoms with Crippen molar-refractivity contribution in [2.24, 2.45) is 10.8 Å². The molecule has 0 saturated heterocycles.